The fourth-order valence-corrected chi connectivity index (χ4v) is 8.35. The number of hydrogen-bond donors (Lipinski definition) is 4. The number of amides is 2. The van der Waals surface area contributed by atoms with E-state index < -0.39 is 44.8 Å². The minimum Gasteiger partial charge on any atom is -0.390 e. The van der Waals surface area contributed by atoms with Crippen molar-refractivity contribution >= 4 is 21.7 Å². The summed E-state index contributed by atoms with van der Waals surface area (Å²) in [6.45, 7) is 7.02. The molecule has 0 bridgehead atoms. The lowest BCUT2D eigenvalue weighted by atomic mass is 9.78. The quantitative estimate of drug-likeness (QED) is 0.179. The molecule has 2 aliphatic rings. The van der Waals surface area contributed by atoms with E-state index >= 15 is 0 Å². The molecule has 8 nitrogen and oxygen atoms in total. The summed E-state index contributed by atoms with van der Waals surface area (Å²) in [7, 11) is -3.52. The fourth-order valence-electron chi connectivity index (χ4n) is 7.01. The highest BCUT2D eigenvalue weighted by atomic mass is 32.2. The van der Waals surface area contributed by atoms with Crippen molar-refractivity contribution in [3.05, 3.63) is 35.9 Å². The van der Waals surface area contributed by atoms with Gasteiger partial charge < -0.3 is 20.8 Å². The highest BCUT2D eigenvalue weighted by molar-refractivity contribution is 7.92. The molecule has 0 spiro atoms. The van der Waals surface area contributed by atoms with Gasteiger partial charge in [-0.25, -0.2) is 8.42 Å². The molecule has 1 aromatic carbocycles. The van der Waals surface area contributed by atoms with Crippen LogP contribution in [0.1, 0.15) is 135 Å². The minimum absolute atomic E-state index is 0.0226. The van der Waals surface area contributed by atoms with Gasteiger partial charge in [0.2, 0.25) is 11.8 Å². The van der Waals surface area contributed by atoms with Crippen LogP contribution >= 0.6 is 0 Å². The molecule has 2 saturated carbocycles. The average molecular weight is 649 g/mol. The zero-order valence-corrected chi connectivity index (χ0v) is 29.0. The van der Waals surface area contributed by atoms with Gasteiger partial charge in [-0.15, -0.1) is 0 Å². The van der Waals surface area contributed by atoms with Gasteiger partial charge in [-0.1, -0.05) is 101 Å². The van der Waals surface area contributed by atoms with Crippen molar-refractivity contribution < 1.29 is 28.2 Å². The molecule has 0 heterocycles. The molecule has 1 aromatic rings. The Hall–Kier alpha value is -1.97. The van der Waals surface area contributed by atoms with Crippen molar-refractivity contribution in [1.82, 2.24) is 10.6 Å². The largest absolute Gasteiger partial charge is 0.390 e. The van der Waals surface area contributed by atoms with Crippen molar-refractivity contribution in [3.8, 4) is 0 Å². The average Bonchev–Trinajstić information content (AvgIpc) is 3.02. The number of sulfone groups is 1. The highest BCUT2D eigenvalue weighted by Crippen LogP contribution is 2.32. The number of rotatable bonds is 16. The standard InChI is InChI=1S/C36H60N2O6S/c1-5-6-22-30(37-32(39)24-29(27-18-12-8-13-19-27)25-45(43,44)36(2,3)4)35(42)38-31(23-26-16-10-7-11-17-26)34(41)33(40)28-20-14-9-15-21-28/h8,12-13,18-19,26,28-31,33-34,40-41H,5-7,9-11,14-17,20-25H2,1-4H3,(H,37,39)(H,38,42)/t29?,30-,31-,33-,34+/m0/s1. The molecule has 2 fully saturated rings. The molecule has 5 atom stereocenters. The molecule has 45 heavy (non-hydrogen) atoms. The fraction of sp³-hybridized carbons (Fsp3) is 0.778. The first-order valence-electron chi connectivity index (χ1n) is 17.6. The summed E-state index contributed by atoms with van der Waals surface area (Å²) in [6.07, 6.45) is 11.1. The summed E-state index contributed by atoms with van der Waals surface area (Å²) in [6, 6.07) is 7.78. The van der Waals surface area contributed by atoms with Crippen LogP contribution in [-0.4, -0.2) is 65.2 Å². The number of aliphatic hydroxyl groups is 2. The lowest BCUT2D eigenvalue weighted by Gasteiger charge is -2.36. The van der Waals surface area contributed by atoms with Crippen LogP contribution in [0.3, 0.4) is 0 Å². The van der Waals surface area contributed by atoms with E-state index in [1.165, 1.54) is 6.42 Å². The molecule has 0 saturated heterocycles. The van der Waals surface area contributed by atoms with E-state index in [0.29, 0.717) is 18.8 Å². The first kappa shape index (κ1) is 37.5. The Morgan fingerprint density at radius 2 is 1.51 bits per heavy atom. The van der Waals surface area contributed by atoms with E-state index in [4.69, 9.17) is 0 Å². The van der Waals surface area contributed by atoms with Crippen LogP contribution in [-0.2, 0) is 19.4 Å². The van der Waals surface area contributed by atoms with Crippen molar-refractivity contribution in [1.29, 1.82) is 0 Å². The lowest BCUT2D eigenvalue weighted by Crippen LogP contribution is -2.56. The Bertz CT molecular complexity index is 1140. The third-order valence-electron chi connectivity index (χ3n) is 10.1. The SMILES string of the molecule is CCCC[C@H](NC(=O)CC(CS(=O)(=O)C(C)(C)C)c1ccccc1)C(=O)N[C@@H](CC1CCCCC1)[C@@H](O)[C@@H](O)C1CCCCC1. The first-order chi connectivity index (χ1) is 21.3. The molecule has 0 aromatic heterocycles. The molecular weight excluding hydrogens is 588 g/mol. The number of carbonyl (C=O) groups is 2. The summed E-state index contributed by atoms with van der Waals surface area (Å²) in [4.78, 5) is 27.4. The molecule has 256 valence electrons. The summed E-state index contributed by atoms with van der Waals surface area (Å²) in [5, 5.41) is 28.7. The molecule has 3 rings (SSSR count). The zero-order chi connectivity index (χ0) is 33.0. The van der Waals surface area contributed by atoms with Crippen LogP contribution in [0.15, 0.2) is 30.3 Å². The Kier molecular flexibility index (Phi) is 14.8. The van der Waals surface area contributed by atoms with Crippen LogP contribution in [0.4, 0.5) is 0 Å². The van der Waals surface area contributed by atoms with Gasteiger partial charge in [0.05, 0.1) is 22.6 Å². The molecule has 2 amide bonds. The van der Waals surface area contributed by atoms with E-state index in [1.807, 2.05) is 37.3 Å². The van der Waals surface area contributed by atoms with Gasteiger partial charge in [0, 0.05) is 12.3 Å². The molecule has 9 heteroatoms. The van der Waals surface area contributed by atoms with Gasteiger partial charge in [-0.2, -0.15) is 0 Å². The summed E-state index contributed by atoms with van der Waals surface area (Å²) in [5.74, 6) is -1.07. The Labute approximate surface area is 272 Å². The zero-order valence-electron chi connectivity index (χ0n) is 28.2. The predicted octanol–water partition coefficient (Wildman–Crippen LogP) is 5.81. The predicted molar refractivity (Wildman–Crippen MR) is 181 cm³/mol. The molecule has 4 N–H and O–H groups in total. The first-order valence-corrected chi connectivity index (χ1v) is 19.2. The third-order valence-corrected chi connectivity index (χ3v) is 12.8. The Balaban J connectivity index is 1.76. The normalized spacial score (nSPS) is 20.5. The van der Waals surface area contributed by atoms with Gasteiger partial charge in [0.1, 0.15) is 12.1 Å². The highest BCUT2D eigenvalue weighted by Gasteiger charge is 2.37. The molecule has 2 aliphatic carbocycles. The smallest absolute Gasteiger partial charge is 0.242 e. The van der Waals surface area contributed by atoms with E-state index in [9.17, 15) is 28.2 Å². The van der Waals surface area contributed by atoms with Crippen LogP contribution < -0.4 is 10.6 Å². The van der Waals surface area contributed by atoms with E-state index in [0.717, 1.165) is 76.2 Å². The Morgan fingerprint density at radius 3 is 2.09 bits per heavy atom. The van der Waals surface area contributed by atoms with E-state index in [1.54, 1.807) is 20.8 Å². The van der Waals surface area contributed by atoms with Crippen molar-refractivity contribution in [2.24, 2.45) is 11.8 Å². The van der Waals surface area contributed by atoms with E-state index in [2.05, 4.69) is 10.6 Å². The number of hydrogen-bond acceptors (Lipinski definition) is 6. The second kappa shape index (κ2) is 17.8. The summed E-state index contributed by atoms with van der Waals surface area (Å²) < 4.78 is 25.4. The minimum atomic E-state index is -3.52. The van der Waals surface area contributed by atoms with Gasteiger partial charge >= 0.3 is 0 Å². The van der Waals surface area contributed by atoms with Crippen LogP contribution in [0, 0.1) is 11.8 Å². The maximum Gasteiger partial charge on any atom is 0.242 e. The maximum absolute atomic E-state index is 13.8. The molecule has 1 unspecified atom stereocenters. The molecule has 0 radical (unpaired) electrons. The van der Waals surface area contributed by atoms with Crippen molar-refractivity contribution in [3.63, 3.8) is 0 Å². The third kappa shape index (κ3) is 11.7. The number of unbranched alkanes of at least 4 members (excludes halogenated alkanes) is 1. The van der Waals surface area contributed by atoms with Crippen LogP contribution in [0.2, 0.25) is 0 Å². The lowest BCUT2D eigenvalue weighted by molar-refractivity contribution is -0.131. The number of carbonyl (C=O) groups excluding carboxylic acids is 2. The summed E-state index contributed by atoms with van der Waals surface area (Å²) in [5.41, 5.74) is 0.766. The number of aliphatic hydroxyl groups excluding tert-OH is 2. The van der Waals surface area contributed by atoms with Crippen LogP contribution in [0.5, 0.6) is 0 Å². The Morgan fingerprint density at radius 1 is 0.911 bits per heavy atom. The van der Waals surface area contributed by atoms with Gasteiger partial charge in [0.25, 0.3) is 0 Å². The van der Waals surface area contributed by atoms with Gasteiger partial charge in [-0.3, -0.25) is 9.59 Å². The molecular formula is C36H60N2O6S. The monoisotopic (exact) mass is 648 g/mol. The van der Waals surface area contributed by atoms with Gasteiger partial charge in [-0.05, 0) is 63.9 Å². The second-order valence-electron chi connectivity index (χ2n) is 14.7. The molecule has 0 aliphatic heterocycles. The summed E-state index contributed by atoms with van der Waals surface area (Å²) >= 11 is 0. The van der Waals surface area contributed by atoms with Crippen molar-refractivity contribution in [2.75, 3.05) is 5.75 Å². The van der Waals surface area contributed by atoms with Gasteiger partial charge in [0.15, 0.2) is 9.84 Å². The number of benzene rings is 1. The topological polar surface area (TPSA) is 133 Å². The van der Waals surface area contributed by atoms with Crippen molar-refractivity contribution in [2.45, 2.75) is 159 Å². The maximum atomic E-state index is 13.8. The number of nitrogens with one attached hydrogen (secondary N) is 2. The van der Waals surface area contributed by atoms with E-state index in [-0.39, 0.29) is 29.9 Å². The second-order valence-corrected chi connectivity index (χ2v) is 17.5. The van der Waals surface area contributed by atoms with Crippen LogP contribution in [0.25, 0.3) is 0 Å².